The van der Waals surface area contributed by atoms with Crippen molar-refractivity contribution in [3.05, 3.63) is 39.5 Å². The van der Waals surface area contributed by atoms with Gasteiger partial charge in [0.1, 0.15) is 0 Å². The van der Waals surface area contributed by atoms with Crippen molar-refractivity contribution in [1.29, 1.82) is 0 Å². The number of amides is 1. The Kier molecular flexibility index (Phi) is 4.73. The highest BCUT2D eigenvalue weighted by atomic mass is 32.1. The Labute approximate surface area is 121 Å². The topological polar surface area (TPSA) is 68.9 Å². The number of nitrogens with zero attached hydrogens (tertiary/aromatic N) is 3. The second-order valence-corrected chi connectivity index (χ2v) is 5.59. The summed E-state index contributed by atoms with van der Waals surface area (Å²) in [6, 6.07) is 0.0250. The molecule has 0 aromatic carbocycles. The average Bonchev–Trinajstić information content (AvgIpc) is 2.98. The van der Waals surface area contributed by atoms with Gasteiger partial charge in [-0.15, -0.1) is 0 Å². The van der Waals surface area contributed by atoms with Crippen molar-refractivity contribution < 1.29 is 4.79 Å². The first-order valence-corrected chi connectivity index (χ1v) is 7.34. The van der Waals surface area contributed by atoms with Gasteiger partial charge in [-0.05, 0) is 13.8 Å². The molecule has 0 aliphatic rings. The van der Waals surface area contributed by atoms with Gasteiger partial charge in [0, 0.05) is 49.0 Å². The molecule has 1 atom stereocenters. The van der Waals surface area contributed by atoms with Crippen LogP contribution in [0.5, 0.6) is 0 Å². The van der Waals surface area contributed by atoms with Gasteiger partial charge >= 0.3 is 4.87 Å². The van der Waals surface area contributed by atoms with Gasteiger partial charge in [-0.1, -0.05) is 11.3 Å². The molecule has 2 rings (SSSR count). The van der Waals surface area contributed by atoms with Gasteiger partial charge in [-0.25, -0.2) is 4.98 Å². The molecule has 20 heavy (non-hydrogen) atoms. The number of aryl methyl sites for hydroxylation is 1. The number of nitrogens with one attached hydrogen (secondary N) is 1. The van der Waals surface area contributed by atoms with E-state index >= 15 is 0 Å². The van der Waals surface area contributed by atoms with Crippen molar-refractivity contribution in [2.45, 2.75) is 39.4 Å². The molecule has 0 saturated carbocycles. The minimum absolute atomic E-state index is 0.0123. The van der Waals surface area contributed by atoms with E-state index in [2.05, 4.69) is 10.3 Å². The van der Waals surface area contributed by atoms with Gasteiger partial charge in [0.2, 0.25) is 5.91 Å². The van der Waals surface area contributed by atoms with Crippen molar-refractivity contribution in [3.8, 4) is 0 Å². The predicted molar refractivity (Wildman–Crippen MR) is 77.8 cm³/mol. The maximum absolute atomic E-state index is 11.9. The quantitative estimate of drug-likeness (QED) is 0.864. The number of aromatic nitrogens is 3. The maximum atomic E-state index is 11.9. The standard InChI is InChI=1S/C13H18N4O2S/c1-10(7-16-6-4-14-9-16)15-12(18)3-5-17-11(2)8-20-13(17)19/h4,6,8-10H,3,5,7H2,1-2H3,(H,15,18)/t10-/m1/s1. The van der Waals surface area contributed by atoms with Crippen LogP contribution in [-0.2, 0) is 17.9 Å². The molecule has 0 bridgehead atoms. The lowest BCUT2D eigenvalue weighted by atomic mass is 10.3. The first-order valence-electron chi connectivity index (χ1n) is 6.46. The molecule has 1 N–H and O–H groups in total. The summed E-state index contributed by atoms with van der Waals surface area (Å²) in [5.74, 6) is -0.0462. The molecule has 0 spiro atoms. The molecule has 108 valence electrons. The summed E-state index contributed by atoms with van der Waals surface area (Å²) >= 11 is 1.16. The van der Waals surface area contributed by atoms with Gasteiger partial charge in [-0.3, -0.25) is 9.59 Å². The monoisotopic (exact) mass is 294 g/mol. The van der Waals surface area contributed by atoms with E-state index < -0.39 is 0 Å². The summed E-state index contributed by atoms with van der Waals surface area (Å²) in [5, 5.41) is 4.73. The molecule has 6 nitrogen and oxygen atoms in total. The van der Waals surface area contributed by atoms with Crippen LogP contribution in [0, 0.1) is 6.92 Å². The third-order valence-electron chi connectivity index (χ3n) is 2.99. The van der Waals surface area contributed by atoms with Gasteiger partial charge in [0.15, 0.2) is 0 Å². The van der Waals surface area contributed by atoms with E-state index in [9.17, 15) is 9.59 Å². The fourth-order valence-corrected chi connectivity index (χ4v) is 2.75. The lowest BCUT2D eigenvalue weighted by Gasteiger charge is -2.14. The van der Waals surface area contributed by atoms with Crippen molar-refractivity contribution in [2.24, 2.45) is 0 Å². The fraction of sp³-hybridized carbons (Fsp3) is 0.462. The predicted octanol–water partition coefficient (Wildman–Crippen LogP) is 1.01. The molecule has 2 aromatic rings. The third-order valence-corrected chi connectivity index (χ3v) is 3.87. The summed E-state index contributed by atoms with van der Waals surface area (Å²) in [6.45, 7) is 4.93. The van der Waals surface area contributed by atoms with E-state index in [1.807, 2.05) is 30.0 Å². The zero-order chi connectivity index (χ0) is 14.5. The van der Waals surface area contributed by atoms with Gasteiger partial charge in [0.05, 0.1) is 6.33 Å². The number of carbonyl (C=O) groups excluding carboxylic acids is 1. The smallest absolute Gasteiger partial charge is 0.307 e. The zero-order valence-corrected chi connectivity index (χ0v) is 12.4. The largest absolute Gasteiger partial charge is 0.352 e. The minimum Gasteiger partial charge on any atom is -0.352 e. The lowest BCUT2D eigenvalue weighted by Crippen LogP contribution is -2.36. The second kappa shape index (κ2) is 6.51. The Bertz CT molecular complexity index is 615. The van der Waals surface area contributed by atoms with Crippen LogP contribution in [0.25, 0.3) is 0 Å². The molecule has 2 aromatic heterocycles. The van der Waals surface area contributed by atoms with Crippen molar-refractivity contribution in [2.75, 3.05) is 0 Å². The Morgan fingerprint density at radius 1 is 1.55 bits per heavy atom. The number of rotatable bonds is 6. The summed E-state index contributed by atoms with van der Waals surface area (Å²) in [4.78, 5) is 27.3. The van der Waals surface area contributed by atoms with Crippen LogP contribution in [0.2, 0.25) is 0 Å². The zero-order valence-electron chi connectivity index (χ0n) is 11.6. The van der Waals surface area contributed by atoms with Crippen LogP contribution in [0.1, 0.15) is 19.0 Å². The number of carbonyl (C=O) groups is 1. The molecule has 0 aliphatic carbocycles. The summed E-state index contributed by atoms with van der Waals surface area (Å²) in [6.07, 6.45) is 5.60. The molecule has 1 amide bonds. The number of thiazole rings is 1. The Morgan fingerprint density at radius 2 is 2.35 bits per heavy atom. The van der Waals surface area contributed by atoms with E-state index in [1.54, 1.807) is 17.1 Å². The Hall–Kier alpha value is -1.89. The number of hydrogen-bond donors (Lipinski definition) is 1. The van der Waals surface area contributed by atoms with Crippen molar-refractivity contribution in [1.82, 2.24) is 19.4 Å². The molecule has 0 fully saturated rings. The number of imidazole rings is 1. The van der Waals surface area contributed by atoms with Crippen molar-refractivity contribution in [3.63, 3.8) is 0 Å². The average molecular weight is 294 g/mol. The lowest BCUT2D eigenvalue weighted by molar-refractivity contribution is -0.122. The maximum Gasteiger partial charge on any atom is 0.307 e. The molecule has 0 aliphatic heterocycles. The second-order valence-electron chi connectivity index (χ2n) is 4.77. The SMILES string of the molecule is Cc1csc(=O)n1CCC(=O)N[C@H](C)Cn1ccnc1. The minimum atomic E-state index is -0.0462. The van der Waals surface area contributed by atoms with E-state index in [0.29, 0.717) is 19.5 Å². The fourth-order valence-electron chi connectivity index (χ4n) is 1.99. The van der Waals surface area contributed by atoms with Gasteiger partial charge in [0.25, 0.3) is 0 Å². The van der Waals surface area contributed by atoms with Crippen LogP contribution >= 0.6 is 11.3 Å². The van der Waals surface area contributed by atoms with Gasteiger partial charge < -0.3 is 14.5 Å². The van der Waals surface area contributed by atoms with Crippen molar-refractivity contribution >= 4 is 17.2 Å². The van der Waals surface area contributed by atoms with E-state index in [-0.39, 0.29) is 16.8 Å². The molecule has 0 saturated heterocycles. The van der Waals surface area contributed by atoms with E-state index in [4.69, 9.17) is 0 Å². The highest BCUT2D eigenvalue weighted by Gasteiger charge is 2.09. The number of hydrogen-bond acceptors (Lipinski definition) is 4. The molecular weight excluding hydrogens is 276 g/mol. The van der Waals surface area contributed by atoms with Gasteiger partial charge in [-0.2, -0.15) is 0 Å². The molecule has 0 radical (unpaired) electrons. The van der Waals surface area contributed by atoms with E-state index in [1.165, 1.54) is 0 Å². The summed E-state index contributed by atoms with van der Waals surface area (Å²) in [7, 11) is 0. The van der Waals surface area contributed by atoms with Crippen LogP contribution in [-0.4, -0.2) is 26.1 Å². The molecule has 0 unspecified atom stereocenters. The summed E-state index contributed by atoms with van der Waals surface area (Å²) < 4.78 is 3.54. The Balaban J connectivity index is 1.79. The normalized spacial score (nSPS) is 12.3. The first kappa shape index (κ1) is 14.5. The van der Waals surface area contributed by atoms with E-state index in [0.717, 1.165) is 17.0 Å². The molecule has 7 heteroatoms. The molecular formula is C13H18N4O2S. The molecule has 2 heterocycles. The highest BCUT2D eigenvalue weighted by molar-refractivity contribution is 7.07. The highest BCUT2D eigenvalue weighted by Crippen LogP contribution is 2.01. The van der Waals surface area contributed by atoms with Crippen LogP contribution in [0.15, 0.2) is 28.9 Å². The van der Waals surface area contributed by atoms with Crippen LogP contribution in [0.3, 0.4) is 0 Å². The van der Waals surface area contributed by atoms with Crippen LogP contribution in [0.4, 0.5) is 0 Å². The summed E-state index contributed by atoms with van der Waals surface area (Å²) in [5.41, 5.74) is 0.902. The third kappa shape index (κ3) is 3.80. The van der Waals surface area contributed by atoms with Crippen LogP contribution < -0.4 is 10.2 Å². The first-order chi connectivity index (χ1) is 9.56. The Morgan fingerprint density at radius 3 is 2.95 bits per heavy atom.